The van der Waals surface area contributed by atoms with Crippen LogP contribution in [0.4, 0.5) is 0 Å². The minimum Gasteiger partial charge on any atom is -0.497 e. The van der Waals surface area contributed by atoms with Crippen LogP contribution in [0, 0.1) is 6.92 Å². The predicted molar refractivity (Wildman–Crippen MR) is 77.6 cm³/mol. The van der Waals surface area contributed by atoms with E-state index >= 15 is 0 Å². The van der Waals surface area contributed by atoms with Crippen LogP contribution in [0.2, 0.25) is 0 Å². The standard InChI is InChI=1S/C15H16N2O4/c1-8-12(14(18)17-9(2)15(19)20)6-10-4-5-11(21-3)7-13(10)16-8/h4-7,9H,1-3H3,(H,17,18)(H,19,20)/t9-/m0/s1. The second-order valence-corrected chi connectivity index (χ2v) is 4.71. The number of benzene rings is 1. The van der Waals surface area contributed by atoms with Gasteiger partial charge in [0.1, 0.15) is 11.8 Å². The molecule has 0 aliphatic carbocycles. The molecule has 21 heavy (non-hydrogen) atoms. The summed E-state index contributed by atoms with van der Waals surface area (Å²) >= 11 is 0. The lowest BCUT2D eigenvalue weighted by Crippen LogP contribution is -2.38. The highest BCUT2D eigenvalue weighted by Gasteiger charge is 2.17. The minimum absolute atomic E-state index is 0.362. The van der Waals surface area contributed by atoms with Crippen LogP contribution in [0.25, 0.3) is 10.9 Å². The van der Waals surface area contributed by atoms with Gasteiger partial charge in [-0.2, -0.15) is 0 Å². The molecule has 1 aromatic heterocycles. The number of carboxylic acid groups (broad SMARTS) is 1. The lowest BCUT2D eigenvalue weighted by molar-refractivity contribution is -0.138. The number of methoxy groups -OCH3 is 1. The molecule has 0 unspecified atom stereocenters. The number of rotatable bonds is 4. The van der Waals surface area contributed by atoms with Gasteiger partial charge in [0.05, 0.1) is 23.9 Å². The summed E-state index contributed by atoms with van der Waals surface area (Å²) in [5.41, 5.74) is 1.61. The van der Waals surface area contributed by atoms with Crippen LogP contribution in [0.5, 0.6) is 5.75 Å². The largest absolute Gasteiger partial charge is 0.497 e. The third-order valence-electron chi connectivity index (χ3n) is 3.18. The number of carboxylic acids is 1. The number of hydrogen-bond donors (Lipinski definition) is 2. The van der Waals surface area contributed by atoms with Gasteiger partial charge in [-0.3, -0.25) is 14.6 Å². The maximum absolute atomic E-state index is 12.1. The number of aromatic nitrogens is 1. The van der Waals surface area contributed by atoms with Gasteiger partial charge in [-0.05, 0) is 32.0 Å². The first-order valence-corrected chi connectivity index (χ1v) is 6.41. The van der Waals surface area contributed by atoms with Gasteiger partial charge in [0, 0.05) is 11.5 Å². The molecule has 0 saturated carbocycles. The van der Waals surface area contributed by atoms with Crippen LogP contribution in [-0.2, 0) is 4.79 Å². The summed E-state index contributed by atoms with van der Waals surface area (Å²) in [6, 6.07) is 6.10. The fourth-order valence-electron chi connectivity index (χ4n) is 1.94. The first kappa shape index (κ1) is 14.8. The normalized spacial score (nSPS) is 12.0. The zero-order valence-electron chi connectivity index (χ0n) is 12.0. The maximum Gasteiger partial charge on any atom is 0.325 e. The molecule has 0 aliphatic heterocycles. The quantitative estimate of drug-likeness (QED) is 0.894. The van der Waals surface area contributed by atoms with E-state index in [1.54, 1.807) is 38.3 Å². The molecule has 110 valence electrons. The Bertz CT molecular complexity index is 712. The van der Waals surface area contributed by atoms with E-state index in [0.29, 0.717) is 17.0 Å². The number of carbonyl (C=O) groups excluding carboxylic acids is 1. The summed E-state index contributed by atoms with van der Waals surface area (Å²) in [5, 5.41) is 12.0. The highest BCUT2D eigenvalue weighted by molar-refractivity contribution is 6.00. The van der Waals surface area contributed by atoms with Crippen molar-refractivity contribution in [3.8, 4) is 5.75 Å². The molecule has 0 aliphatic rings. The van der Waals surface area contributed by atoms with Crippen LogP contribution in [-0.4, -0.2) is 35.1 Å². The average Bonchev–Trinajstić information content (AvgIpc) is 2.45. The number of nitrogens with one attached hydrogen (secondary N) is 1. The number of nitrogens with zero attached hydrogens (tertiary/aromatic N) is 1. The van der Waals surface area contributed by atoms with Crippen molar-refractivity contribution in [1.82, 2.24) is 10.3 Å². The molecule has 0 radical (unpaired) electrons. The highest BCUT2D eigenvalue weighted by Crippen LogP contribution is 2.21. The number of pyridine rings is 1. The molecule has 2 N–H and O–H groups in total. The maximum atomic E-state index is 12.1. The molecule has 2 rings (SSSR count). The number of ether oxygens (including phenoxy) is 1. The molecular weight excluding hydrogens is 272 g/mol. The van der Waals surface area contributed by atoms with E-state index in [2.05, 4.69) is 10.3 Å². The fourth-order valence-corrected chi connectivity index (χ4v) is 1.94. The van der Waals surface area contributed by atoms with E-state index in [0.717, 1.165) is 10.9 Å². The summed E-state index contributed by atoms with van der Waals surface area (Å²) < 4.78 is 5.13. The van der Waals surface area contributed by atoms with Crippen molar-refractivity contribution in [3.05, 3.63) is 35.5 Å². The van der Waals surface area contributed by atoms with E-state index in [9.17, 15) is 9.59 Å². The molecule has 6 nitrogen and oxygen atoms in total. The topological polar surface area (TPSA) is 88.5 Å². The van der Waals surface area contributed by atoms with Crippen molar-refractivity contribution in [3.63, 3.8) is 0 Å². The summed E-state index contributed by atoms with van der Waals surface area (Å²) in [4.78, 5) is 27.3. The number of amides is 1. The van der Waals surface area contributed by atoms with Gasteiger partial charge in [-0.15, -0.1) is 0 Å². The van der Waals surface area contributed by atoms with Crippen LogP contribution >= 0.6 is 0 Å². The second-order valence-electron chi connectivity index (χ2n) is 4.71. The molecule has 0 fully saturated rings. The molecule has 0 saturated heterocycles. The molecule has 1 amide bonds. The average molecular weight is 288 g/mol. The fraction of sp³-hybridized carbons (Fsp3) is 0.267. The van der Waals surface area contributed by atoms with Crippen LogP contribution in [0.15, 0.2) is 24.3 Å². The molecule has 0 bridgehead atoms. The van der Waals surface area contributed by atoms with E-state index in [1.807, 2.05) is 0 Å². The number of fused-ring (bicyclic) bond motifs is 1. The first-order valence-electron chi connectivity index (χ1n) is 6.41. The number of hydrogen-bond acceptors (Lipinski definition) is 4. The van der Waals surface area contributed by atoms with Crippen molar-refractivity contribution < 1.29 is 19.4 Å². The van der Waals surface area contributed by atoms with Gasteiger partial charge in [-0.1, -0.05) is 0 Å². The summed E-state index contributed by atoms with van der Waals surface area (Å²) in [5.74, 6) is -0.849. The Labute approximate surface area is 121 Å². The minimum atomic E-state index is -1.08. The van der Waals surface area contributed by atoms with E-state index in [-0.39, 0.29) is 0 Å². The van der Waals surface area contributed by atoms with E-state index in [1.165, 1.54) is 6.92 Å². The van der Waals surface area contributed by atoms with Gasteiger partial charge in [0.25, 0.3) is 5.91 Å². The highest BCUT2D eigenvalue weighted by atomic mass is 16.5. The van der Waals surface area contributed by atoms with Crippen molar-refractivity contribution in [2.24, 2.45) is 0 Å². The van der Waals surface area contributed by atoms with Crippen molar-refractivity contribution in [2.45, 2.75) is 19.9 Å². The Morgan fingerprint density at radius 2 is 2.05 bits per heavy atom. The summed E-state index contributed by atoms with van der Waals surface area (Å²) in [7, 11) is 1.57. The molecule has 0 spiro atoms. The zero-order chi connectivity index (χ0) is 15.6. The van der Waals surface area contributed by atoms with Gasteiger partial charge in [-0.25, -0.2) is 0 Å². The van der Waals surface area contributed by atoms with Crippen molar-refractivity contribution in [2.75, 3.05) is 7.11 Å². The molecule has 1 atom stereocenters. The smallest absolute Gasteiger partial charge is 0.325 e. The van der Waals surface area contributed by atoms with Gasteiger partial charge < -0.3 is 15.2 Å². The van der Waals surface area contributed by atoms with Crippen LogP contribution in [0.1, 0.15) is 23.0 Å². The molecule has 1 aromatic carbocycles. The summed E-state index contributed by atoms with van der Waals surface area (Å²) in [6.07, 6.45) is 0. The Morgan fingerprint density at radius 1 is 1.33 bits per heavy atom. The SMILES string of the molecule is COc1ccc2cc(C(=O)N[C@@H](C)C(=O)O)c(C)nc2c1. The monoisotopic (exact) mass is 288 g/mol. The van der Waals surface area contributed by atoms with Crippen molar-refractivity contribution in [1.29, 1.82) is 0 Å². The zero-order valence-corrected chi connectivity index (χ0v) is 12.0. The molecule has 1 heterocycles. The third kappa shape index (κ3) is 3.10. The van der Waals surface area contributed by atoms with Crippen molar-refractivity contribution >= 4 is 22.8 Å². The number of carbonyl (C=O) groups is 2. The van der Waals surface area contributed by atoms with Crippen LogP contribution < -0.4 is 10.1 Å². The Kier molecular flexibility index (Phi) is 4.07. The molecule has 6 heteroatoms. The Balaban J connectivity index is 2.38. The number of aryl methyl sites for hydroxylation is 1. The predicted octanol–water partition coefficient (Wildman–Crippen LogP) is 1.75. The van der Waals surface area contributed by atoms with E-state index < -0.39 is 17.9 Å². The van der Waals surface area contributed by atoms with Gasteiger partial charge in [0.15, 0.2) is 0 Å². The Hall–Kier alpha value is -2.63. The van der Waals surface area contributed by atoms with E-state index in [4.69, 9.17) is 9.84 Å². The first-order chi connectivity index (χ1) is 9.92. The molecular formula is C15H16N2O4. The third-order valence-corrected chi connectivity index (χ3v) is 3.18. The van der Waals surface area contributed by atoms with Crippen LogP contribution in [0.3, 0.4) is 0 Å². The number of aliphatic carboxylic acids is 1. The second kappa shape index (κ2) is 5.78. The van der Waals surface area contributed by atoms with Gasteiger partial charge in [0.2, 0.25) is 0 Å². The molecule has 2 aromatic rings. The van der Waals surface area contributed by atoms with Gasteiger partial charge >= 0.3 is 5.97 Å². The lowest BCUT2D eigenvalue weighted by atomic mass is 10.1. The summed E-state index contributed by atoms with van der Waals surface area (Å²) in [6.45, 7) is 3.12. The Morgan fingerprint density at radius 3 is 2.67 bits per heavy atom. The lowest BCUT2D eigenvalue weighted by Gasteiger charge is -2.12.